The van der Waals surface area contributed by atoms with Gasteiger partial charge in [0.05, 0.1) is 13.2 Å². The van der Waals surface area contributed by atoms with Gasteiger partial charge in [-0.2, -0.15) is 0 Å². The second-order valence-corrected chi connectivity index (χ2v) is 3.61. The lowest BCUT2D eigenvalue weighted by Crippen LogP contribution is -2.54. The van der Waals surface area contributed by atoms with E-state index in [1.165, 1.54) is 0 Å². The summed E-state index contributed by atoms with van der Waals surface area (Å²) in [6.45, 7) is 2.13. The van der Waals surface area contributed by atoms with Gasteiger partial charge >= 0.3 is 11.9 Å². The van der Waals surface area contributed by atoms with E-state index >= 15 is 0 Å². The summed E-state index contributed by atoms with van der Waals surface area (Å²) < 4.78 is 14.6. The number of nitrogens with zero attached hydrogens (tertiary/aromatic N) is 1. The Labute approximate surface area is 97.0 Å². The Hall–Kier alpha value is -1.70. The minimum Gasteiger partial charge on any atom is -0.453 e. The van der Waals surface area contributed by atoms with E-state index < -0.39 is 35.1 Å². The first-order valence-electron chi connectivity index (χ1n) is 4.97. The Bertz CT molecular complexity index is 305. The third-order valence-electron chi connectivity index (χ3n) is 2.20. The predicted molar refractivity (Wildman–Crippen MR) is 52.7 cm³/mol. The summed E-state index contributed by atoms with van der Waals surface area (Å²) in [6, 6.07) is -1.29. The van der Waals surface area contributed by atoms with E-state index in [2.05, 4.69) is 0 Å². The highest BCUT2D eigenvalue weighted by atomic mass is 16.7. The standard InChI is InChI=1S/C9H13NO7/c1-5(11)16-7-3-15-4-8(17-6(2)12)9(7)10(13)14/h7-9H,3-4H2,1-2H3. The zero-order valence-corrected chi connectivity index (χ0v) is 9.45. The molecule has 2 atom stereocenters. The summed E-state index contributed by atoms with van der Waals surface area (Å²) in [5.41, 5.74) is 0. The van der Waals surface area contributed by atoms with Gasteiger partial charge in [0.15, 0.2) is 12.2 Å². The lowest BCUT2D eigenvalue weighted by molar-refractivity contribution is -0.551. The van der Waals surface area contributed by atoms with Crippen LogP contribution >= 0.6 is 0 Å². The SMILES string of the molecule is CC(=O)OC1COCC(OC(C)=O)C1[N+](=O)[O-]. The number of carbonyl (C=O) groups excluding carboxylic acids is 2. The van der Waals surface area contributed by atoms with Crippen LogP contribution in [0.25, 0.3) is 0 Å². The molecule has 1 aliphatic heterocycles. The maximum Gasteiger partial charge on any atom is 0.303 e. The molecule has 1 heterocycles. The van der Waals surface area contributed by atoms with E-state index in [9.17, 15) is 19.7 Å². The van der Waals surface area contributed by atoms with Crippen molar-refractivity contribution in [3.8, 4) is 0 Å². The number of ether oxygens (including phenoxy) is 3. The molecule has 0 N–H and O–H groups in total. The second kappa shape index (κ2) is 5.58. The van der Waals surface area contributed by atoms with E-state index in [0.717, 1.165) is 13.8 Å². The molecule has 8 heteroatoms. The highest BCUT2D eigenvalue weighted by Gasteiger charge is 2.47. The van der Waals surface area contributed by atoms with Crippen LogP contribution in [0, 0.1) is 10.1 Å². The molecule has 0 aromatic heterocycles. The van der Waals surface area contributed by atoms with Gasteiger partial charge in [-0.25, -0.2) is 0 Å². The zero-order chi connectivity index (χ0) is 13.0. The van der Waals surface area contributed by atoms with Crippen molar-refractivity contribution in [1.82, 2.24) is 0 Å². The fraction of sp³-hybridized carbons (Fsp3) is 0.778. The molecule has 17 heavy (non-hydrogen) atoms. The summed E-state index contributed by atoms with van der Waals surface area (Å²) in [6.07, 6.45) is -2.08. The molecule has 0 bridgehead atoms. The van der Waals surface area contributed by atoms with Gasteiger partial charge in [-0.15, -0.1) is 0 Å². The quantitative estimate of drug-likeness (QED) is 0.377. The van der Waals surface area contributed by atoms with Crippen LogP contribution in [0.3, 0.4) is 0 Å². The van der Waals surface area contributed by atoms with Crippen LogP contribution in [0.4, 0.5) is 0 Å². The van der Waals surface area contributed by atoms with Crippen molar-refractivity contribution in [2.75, 3.05) is 13.2 Å². The molecule has 0 saturated carbocycles. The van der Waals surface area contributed by atoms with E-state index in [0.29, 0.717) is 0 Å². The van der Waals surface area contributed by atoms with Crippen molar-refractivity contribution in [2.24, 2.45) is 0 Å². The van der Waals surface area contributed by atoms with Crippen LogP contribution in [-0.4, -0.2) is 48.3 Å². The van der Waals surface area contributed by atoms with Gasteiger partial charge in [-0.05, 0) is 0 Å². The number of hydrogen-bond donors (Lipinski definition) is 0. The van der Waals surface area contributed by atoms with Crippen molar-refractivity contribution >= 4 is 11.9 Å². The minimum atomic E-state index is -1.29. The number of nitro groups is 1. The predicted octanol–water partition coefficient (Wildman–Crippen LogP) is -0.475. The molecular formula is C9H13NO7. The average molecular weight is 247 g/mol. The molecule has 1 rings (SSSR count). The number of esters is 2. The second-order valence-electron chi connectivity index (χ2n) is 3.61. The van der Waals surface area contributed by atoms with Crippen LogP contribution in [-0.2, 0) is 23.8 Å². The maximum atomic E-state index is 10.9. The molecular weight excluding hydrogens is 234 g/mol. The van der Waals surface area contributed by atoms with E-state index in [4.69, 9.17) is 14.2 Å². The number of hydrogen-bond acceptors (Lipinski definition) is 7. The Balaban J connectivity index is 2.79. The average Bonchev–Trinajstić information content (AvgIpc) is 2.14. The summed E-state index contributed by atoms with van der Waals surface area (Å²) in [5, 5.41) is 10.9. The monoisotopic (exact) mass is 247 g/mol. The molecule has 96 valence electrons. The van der Waals surface area contributed by atoms with Gasteiger partial charge in [-0.3, -0.25) is 19.7 Å². The molecule has 1 saturated heterocycles. The van der Waals surface area contributed by atoms with Crippen molar-refractivity contribution in [1.29, 1.82) is 0 Å². The molecule has 0 amide bonds. The molecule has 2 unspecified atom stereocenters. The number of rotatable bonds is 3. The van der Waals surface area contributed by atoms with Gasteiger partial charge in [0, 0.05) is 18.8 Å². The molecule has 0 aromatic carbocycles. The summed E-state index contributed by atoms with van der Waals surface area (Å²) in [7, 11) is 0. The minimum absolute atomic E-state index is 0.0804. The van der Waals surface area contributed by atoms with Crippen LogP contribution in [0.1, 0.15) is 13.8 Å². The highest BCUT2D eigenvalue weighted by Crippen LogP contribution is 2.18. The Morgan fingerprint density at radius 2 is 1.59 bits per heavy atom. The first kappa shape index (κ1) is 13.4. The number of carbonyl (C=O) groups is 2. The third-order valence-corrected chi connectivity index (χ3v) is 2.20. The van der Waals surface area contributed by atoms with Gasteiger partial charge < -0.3 is 14.2 Å². The largest absolute Gasteiger partial charge is 0.453 e. The third kappa shape index (κ3) is 3.66. The smallest absolute Gasteiger partial charge is 0.303 e. The Morgan fingerprint density at radius 1 is 1.18 bits per heavy atom. The fourth-order valence-corrected chi connectivity index (χ4v) is 1.64. The van der Waals surface area contributed by atoms with Crippen LogP contribution in [0.5, 0.6) is 0 Å². The van der Waals surface area contributed by atoms with Crippen molar-refractivity contribution in [3.63, 3.8) is 0 Å². The van der Waals surface area contributed by atoms with Crippen LogP contribution in [0.15, 0.2) is 0 Å². The summed E-state index contributed by atoms with van der Waals surface area (Å²) in [5.74, 6) is -1.29. The first-order valence-corrected chi connectivity index (χ1v) is 4.97. The van der Waals surface area contributed by atoms with E-state index in [1.54, 1.807) is 0 Å². The molecule has 0 radical (unpaired) electrons. The van der Waals surface area contributed by atoms with Crippen molar-refractivity contribution in [3.05, 3.63) is 10.1 Å². The molecule has 0 aromatic rings. The van der Waals surface area contributed by atoms with Gasteiger partial charge in [0.2, 0.25) is 0 Å². The highest BCUT2D eigenvalue weighted by molar-refractivity contribution is 5.67. The lowest BCUT2D eigenvalue weighted by Gasteiger charge is -2.30. The van der Waals surface area contributed by atoms with Gasteiger partial charge in [0.1, 0.15) is 0 Å². The Kier molecular flexibility index (Phi) is 4.38. The van der Waals surface area contributed by atoms with Crippen molar-refractivity contribution < 1.29 is 28.7 Å². The Morgan fingerprint density at radius 3 is 1.88 bits per heavy atom. The van der Waals surface area contributed by atoms with E-state index in [1.807, 2.05) is 0 Å². The fourth-order valence-electron chi connectivity index (χ4n) is 1.64. The molecule has 8 nitrogen and oxygen atoms in total. The normalized spacial score (nSPS) is 28.2. The maximum absolute atomic E-state index is 10.9. The van der Waals surface area contributed by atoms with Gasteiger partial charge in [-0.1, -0.05) is 0 Å². The van der Waals surface area contributed by atoms with Crippen molar-refractivity contribution in [2.45, 2.75) is 32.1 Å². The first-order chi connectivity index (χ1) is 7.91. The summed E-state index contributed by atoms with van der Waals surface area (Å²) >= 11 is 0. The topological polar surface area (TPSA) is 105 Å². The lowest BCUT2D eigenvalue weighted by atomic mass is 10.0. The summed E-state index contributed by atoms with van der Waals surface area (Å²) in [4.78, 5) is 31.9. The van der Waals surface area contributed by atoms with Crippen LogP contribution in [0.2, 0.25) is 0 Å². The molecule has 0 aliphatic carbocycles. The van der Waals surface area contributed by atoms with Gasteiger partial charge in [0.25, 0.3) is 6.04 Å². The molecule has 0 spiro atoms. The molecule has 1 fully saturated rings. The molecule has 1 aliphatic rings. The zero-order valence-electron chi connectivity index (χ0n) is 9.45. The van der Waals surface area contributed by atoms with Crippen LogP contribution < -0.4 is 0 Å². The van der Waals surface area contributed by atoms with E-state index in [-0.39, 0.29) is 13.2 Å².